The molecule has 0 bridgehead atoms. The van der Waals surface area contributed by atoms with Gasteiger partial charge < -0.3 is 20.5 Å². The van der Waals surface area contributed by atoms with Crippen LogP contribution in [-0.4, -0.2) is 67.6 Å². The number of halogens is 2. The molecule has 8 nitrogen and oxygen atoms in total. The summed E-state index contributed by atoms with van der Waals surface area (Å²) < 4.78 is 57.6. The number of sulfone groups is 1. The molecule has 0 aromatic heterocycles. The van der Waals surface area contributed by atoms with E-state index < -0.39 is 63.6 Å². The lowest BCUT2D eigenvalue weighted by molar-refractivity contribution is -0.147. The number of aliphatic hydroxyl groups is 1. The summed E-state index contributed by atoms with van der Waals surface area (Å²) in [4.78, 5) is 27.3. The highest BCUT2D eigenvalue weighted by molar-refractivity contribution is 7.91. The van der Waals surface area contributed by atoms with Gasteiger partial charge in [0, 0.05) is 25.2 Å². The molecule has 0 heterocycles. The molecule has 0 saturated heterocycles. The third-order valence-corrected chi connectivity index (χ3v) is 8.46. The molecule has 0 aliphatic carbocycles. The molecular formula is C29H40F2N2O6S. The molecule has 0 fully saturated rings. The number of amides is 1. The first-order chi connectivity index (χ1) is 18.9. The van der Waals surface area contributed by atoms with Crippen LogP contribution in [0.4, 0.5) is 8.78 Å². The van der Waals surface area contributed by atoms with Crippen molar-refractivity contribution in [3.63, 3.8) is 0 Å². The fourth-order valence-corrected chi connectivity index (χ4v) is 6.18. The second kappa shape index (κ2) is 15.8. The van der Waals surface area contributed by atoms with Crippen molar-refractivity contribution in [3.8, 4) is 0 Å². The molecule has 0 unspecified atom stereocenters. The Morgan fingerprint density at radius 3 is 2.30 bits per heavy atom. The van der Waals surface area contributed by atoms with Gasteiger partial charge in [0.1, 0.15) is 11.6 Å². The molecule has 0 aliphatic heterocycles. The Balaban J connectivity index is 2.36. The Kier molecular flexibility index (Phi) is 13.1. The SMILES string of the molecule is CCCCS(=O)(=O)C[C@H](CC(=O)OC)C(=O)N(Cc1cccc(CC)c1)C[C@@H](O)[C@@H](N)Cc1cc(F)cc(F)c1. The van der Waals surface area contributed by atoms with Crippen molar-refractivity contribution in [2.45, 2.75) is 64.6 Å². The number of nitrogens with zero attached hydrogens (tertiary/aromatic N) is 1. The van der Waals surface area contributed by atoms with E-state index >= 15 is 0 Å². The number of unbranched alkanes of at least 4 members (excludes halogenated alkanes) is 1. The van der Waals surface area contributed by atoms with Crippen molar-refractivity contribution < 1.29 is 36.6 Å². The average Bonchev–Trinajstić information content (AvgIpc) is 2.90. The number of hydrogen-bond acceptors (Lipinski definition) is 7. The highest BCUT2D eigenvalue weighted by atomic mass is 32.2. The number of carbonyl (C=O) groups is 2. The highest BCUT2D eigenvalue weighted by Crippen LogP contribution is 2.19. The topological polar surface area (TPSA) is 127 Å². The van der Waals surface area contributed by atoms with Gasteiger partial charge in [-0.2, -0.15) is 0 Å². The van der Waals surface area contributed by atoms with Gasteiger partial charge >= 0.3 is 5.97 Å². The number of benzene rings is 2. The van der Waals surface area contributed by atoms with Crippen LogP contribution in [0.25, 0.3) is 0 Å². The van der Waals surface area contributed by atoms with E-state index in [0.29, 0.717) is 12.8 Å². The van der Waals surface area contributed by atoms with E-state index in [2.05, 4.69) is 0 Å². The van der Waals surface area contributed by atoms with Crippen molar-refractivity contribution >= 4 is 21.7 Å². The van der Waals surface area contributed by atoms with E-state index in [1.807, 2.05) is 32.0 Å². The average molecular weight is 583 g/mol. The zero-order chi connectivity index (χ0) is 29.9. The summed E-state index contributed by atoms with van der Waals surface area (Å²) in [5, 5.41) is 11.0. The summed E-state index contributed by atoms with van der Waals surface area (Å²) in [6.45, 7) is 3.56. The third-order valence-electron chi connectivity index (χ3n) is 6.63. The van der Waals surface area contributed by atoms with Crippen LogP contribution in [-0.2, 0) is 43.5 Å². The number of esters is 1. The number of nitrogens with two attached hydrogens (primary N) is 1. The van der Waals surface area contributed by atoms with Crippen molar-refractivity contribution in [2.75, 3.05) is 25.2 Å². The molecule has 222 valence electrons. The maximum absolute atomic E-state index is 13.8. The van der Waals surface area contributed by atoms with Crippen LogP contribution in [0.1, 0.15) is 49.8 Å². The molecule has 0 radical (unpaired) electrons. The number of ether oxygens (including phenoxy) is 1. The summed E-state index contributed by atoms with van der Waals surface area (Å²) in [6, 6.07) is 9.42. The van der Waals surface area contributed by atoms with E-state index in [0.717, 1.165) is 42.9 Å². The third kappa shape index (κ3) is 10.9. The smallest absolute Gasteiger partial charge is 0.306 e. The number of carbonyl (C=O) groups excluding carboxylic acids is 2. The van der Waals surface area contributed by atoms with E-state index in [-0.39, 0.29) is 30.8 Å². The second-order valence-electron chi connectivity index (χ2n) is 10.1. The van der Waals surface area contributed by atoms with Crippen molar-refractivity contribution in [1.29, 1.82) is 0 Å². The van der Waals surface area contributed by atoms with Crippen LogP contribution in [0.3, 0.4) is 0 Å². The van der Waals surface area contributed by atoms with Gasteiger partial charge in [0.2, 0.25) is 5.91 Å². The molecule has 3 N–H and O–H groups in total. The number of hydrogen-bond donors (Lipinski definition) is 2. The minimum absolute atomic E-state index is 0.0255. The Hall–Kier alpha value is -2.89. The molecule has 2 aromatic rings. The fourth-order valence-electron chi connectivity index (χ4n) is 4.41. The quantitative estimate of drug-likeness (QED) is 0.291. The van der Waals surface area contributed by atoms with Crippen molar-refractivity contribution in [3.05, 3.63) is 70.8 Å². The van der Waals surface area contributed by atoms with Gasteiger partial charge in [0.05, 0.1) is 37.1 Å². The maximum Gasteiger partial charge on any atom is 0.306 e. The van der Waals surface area contributed by atoms with Crippen LogP contribution in [0.5, 0.6) is 0 Å². The lowest BCUT2D eigenvalue weighted by Crippen LogP contribution is -2.48. The molecular weight excluding hydrogens is 542 g/mol. The van der Waals surface area contributed by atoms with Crippen LogP contribution in [0.2, 0.25) is 0 Å². The number of methoxy groups -OCH3 is 1. The lowest BCUT2D eigenvalue weighted by Gasteiger charge is -2.31. The van der Waals surface area contributed by atoms with Crippen LogP contribution < -0.4 is 5.73 Å². The van der Waals surface area contributed by atoms with Gasteiger partial charge in [-0.25, -0.2) is 17.2 Å². The number of aliphatic hydroxyl groups excluding tert-OH is 1. The first-order valence-electron chi connectivity index (χ1n) is 13.4. The Labute approximate surface area is 235 Å². The summed E-state index contributed by atoms with van der Waals surface area (Å²) in [5.74, 6) is -4.83. The standard InChI is InChI=1S/C29H40F2N2O6S/c1-4-6-10-40(37,38)19-23(15-28(35)39-3)29(36)33(17-21-9-7-8-20(5-2)11-21)18-27(34)26(32)14-22-12-24(30)16-25(31)13-22/h7-9,11-13,16,23,26-27,34H,4-6,10,14-15,17-19,32H2,1-3H3/t23-,26-,27+/m0/s1. The zero-order valence-corrected chi connectivity index (χ0v) is 24.1. The van der Waals surface area contributed by atoms with E-state index in [1.54, 1.807) is 6.07 Å². The maximum atomic E-state index is 13.8. The molecule has 0 saturated carbocycles. The Morgan fingerprint density at radius 2 is 1.70 bits per heavy atom. The first-order valence-corrected chi connectivity index (χ1v) is 15.2. The van der Waals surface area contributed by atoms with E-state index in [1.165, 1.54) is 4.90 Å². The van der Waals surface area contributed by atoms with Gasteiger partial charge in [0.15, 0.2) is 9.84 Å². The zero-order valence-electron chi connectivity index (χ0n) is 23.3. The minimum atomic E-state index is -3.67. The second-order valence-corrected chi connectivity index (χ2v) is 12.3. The van der Waals surface area contributed by atoms with E-state index in [9.17, 15) is 31.9 Å². The van der Waals surface area contributed by atoms with E-state index in [4.69, 9.17) is 10.5 Å². The molecule has 2 aromatic carbocycles. The largest absolute Gasteiger partial charge is 0.469 e. The van der Waals surface area contributed by atoms with Gasteiger partial charge in [0.25, 0.3) is 0 Å². The van der Waals surface area contributed by atoms with Gasteiger partial charge in [-0.3, -0.25) is 9.59 Å². The lowest BCUT2D eigenvalue weighted by atomic mass is 9.99. The van der Waals surface area contributed by atoms with Gasteiger partial charge in [-0.1, -0.05) is 44.5 Å². The normalized spacial score (nSPS) is 13.9. The molecule has 1 amide bonds. The van der Waals surface area contributed by atoms with Crippen molar-refractivity contribution in [2.24, 2.45) is 11.7 Å². The highest BCUT2D eigenvalue weighted by Gasteiger charge is 2.33. The van der Waals surface area contributed by atoms with Crippen LogP contribution >= 0.6 is 0 Å². The number of rotatable bonds is 16. The van der Waals surface area contributed by atoms with Gasteiger partial charge in [-0.15, -0.1) is 0 Å². The molecule has 0 spiro atoms. The predicted molar refractivity (Wildman–Crippen MR) is 149 cm³/mol. The fraction of sp³-hybridized carbons (Fsp3) is 0.517. The monoisotopic (exact) mass is 582 g/mol. The molecule has 40 heavy (non-hydrogen) atoms. The Bertz CT molecular complexity index is 1220. The van der Waals surface area contributed by atoms with Crippen molar-refractivity contribution in [1.82, 2.24) is 4.90 Å². The number of aryl methyl sites for hydroxylation is 1. The molecule has 3 atom stereocenters. The minimum Gasteiger partial charge on any atom is -0.469 e. The summed E-state index contributed by atoms with van der Waals surface area (Å²) in [6.07, 6.45) is -0.0193. The molecule has 2 rings (SSSR count). The summed E-state index contributed by atoms with van der Waals surface area (Å²) >= 11 is 0. The first kappa shape index (κ1) is 33.3. The summed E-state index contributed by atoms with van der Waals surface area (Å²) in [5.41, 5.74) is 8.17. The summed E-state index contributed by atoms with van der Waals surface area (Å²) in [7, 11) is -2.51. The predicted octanol–water partition coefficient (Wildman–Crippen LogP) is 3.18. The van der Waals surface area contributed by atoms with Crippen LogP contribution in [0, 0.1) is 17.6 Å². The Morgan fingerprint density at radius 1 is 1.05 bits per heavy atom. The molecule has 0 aliphatic rings. The van der Waals surface area contributed by atoms with Gasteiger partial charge in [-0.05, 0) is 48.1 Å². The van der Waals surface area contributed by atoms with Crippen LogP contribution in [0.15, 0.2) is 42.5 Å². The molecule has 11 heteroatoms.